The standard InChI is InChI=1S/C10H5F8N/c11-7(12)5-2-1-4(19)3-6(5)8(13,14)10(17,18)9(7,15)16/h1-3H,19H2. The Kier molecular flexibility index (Phi) is 2.42. The quantitative estimate of drug-likeness (QED) is 0.572. The lowest BCUT2D eigenvalue weighted by atomic mass is 9.80. The van der Waals surface area contributed by atoms with E-state index in [0.717, 1.165) is 0 Å². The van der Waals surface area contributed by atoms with E-state index < -0.39 is 40.5 Å². The molecular weight excluding hydrogens is 286 g/mol. The van der Waals surface area contributed by atoms with E-state index in [1.165, 1.54) is 0 Å². The molecule has 0 unspecified atom stereocenters. The second-order valence-corrected chi connectivity index (χ2v) is 4.10. The summed E-state index contributed by atoms with van der Waals surface area (Å²) < 4.78 is 106. The minimum atomic E-state index is -6.23. The molecule has 0 fully saturated rings. The van der Waals surface area contributed by atoms with Crippen LogP contribution in [0.4, 0.5) is 40.8 Å². The summed E-state index contributed by atoms with van der Waals surface area (Å²) in [6.07, 6.45) is 0. The third-order valence-electron chi connectivity index (χ3n) is 2.90. The third-order valence-corrected chi connectivity index (χ3v) is 2.90. The molecule has 106 valence electrons. The van der Waals surface area contributed by atoms with Crippen LogP contribution in [0.25, 0.3) is 0 Å². The van der Waals surface area contributed by atoms with Gasteiger partial charge >= 0.3 is 23.7 Å². The molecule has 1 aromatic rings. The molecule has 1 nitrogen and oxygen atoms in total. The molecule has 0 saturated carbocycles. The first-order valence-electron chi connectivity index (χ1n) is 4.79. The van der Waals surface area contributed by atoms with E-state index in [0.29, 0.717) is 6.07 Å². The summed E-state index contributed by atoms with van der Waals surface area (Å²) >= 11 is 0. The first-order valence-corrected chi connectivity index (χ1v) is 4.79. The van der Waals surface area contributed by atoms with Crippen molar-refractivity contribution >= 4 is 5.69 Å². The van der Waals surface area contributed by atoms with E-state index >= 15 is 0 Å². The van der Waals surface area contributed by atoms with Crippen LogP contribution >= 0.6 is 0 Å². The van der Waals surface area contributed by atoms with Crippen LogP contribution in [0.3, 0.4) is 0 Å². The molecule has 0 atom stereocenters. The largest absolute Gasteiger partial charge is 0.399 e. The van der Waals surface area contributed by atoms with Crippen molar-refractivity contribution in [2.24, 2.45) is 0 Å². The Labute approximate surface area is 101 Å². The molecule has 0 bridgehead atoms. The molecule has 2 N–H and O–H groups in total. The van der Waals surface area contributed by atoms with Crippen LogP contribution in [0, 0.1) is 0 Å². The van der Waals surface area contributed by atoms with Crippen molar-refractivity contribution in [2.75, 3.05) is 5.73 Å². The molecule has 19 heavy (non-hydrogen) atoms. The predicted octanol–water partition coefficient (Wildman–Crippen LogP) is 3.74. The van der Waals surface area contributed by atoms with Gasteiger partial charge in [0.1, 0.15) is 0 Å². The van der Waals surface area contributed by atoms with Crippen molar-refractivity contribution in [1.82, 2.24) is 0 Å². The summed E-state index contributed by atoms with van der Waals surface area (Å²) in [6, 6.07) is 0.997. The highest BCUT2D eigenvalue weighted by molar-refractivity contribution is 5.51. The van der Waals surface area contributed by atoms with Crippen LogP contribution in [0.5, 0.6) is 0 Å². The number of hydrogen-bond donors (Lipinski definition) is 1. The maximum Gasteiger partial charge on any atom is 0.382 e. The van der Waals surface area contributed by atoms with Gasteiger partial charge in [0.15, 0.2) is 0 Å². The second-order valence-electron chi connectivity index (χ2n) is 4.10. The summed E-state index contributed by atoms with van der Waals surface area (Å²) in [5, 5.41) is 0. The van der Waals surface area contributed by atoms with Crippen molar-refractivity contribution in [2.45, 2.75) is 23.7 Å². The van der Waals surface area contributed by atoms with E-state index in [2.05, 4.69) is 0 Å². The van der Waals surface area contributed by atoms with Crippen LogP contribution in [0.1, 0.15) is 11.1 Å². The highest BCUT2D eigenvalue weighted by Gasteiger charge is 2.85. The Hall–Kier alpha value is -1.54. The summed E-state index contributed by atoms with van der Waals surface area (Å²) in [5.74, 6) is -23.3. The first-order chi connectivity index (χ1) is 8.37. The van der Waals surface area contributed by atoms with Gasteiger partial charge in [0.25, 0.3) is 0 Å². The zero-order chi connectivity index (χ0) is 14.9. The van der Waals surface area contributed by atoms with Crippen molar-refractivity contribution in [3.8, 4) is 0 Å². The molecule has 0 saturated heterocycles. The van der Waals surface area contributed by atoms with Gasteiger partial charge in [-0.05, 0) is 12.1 Å². The van der Waals surface area contributed by atoms with Crippen molar-refractivity contribution in [1.29, 1.82) is 0 Å². The Bertz CT molecular complexity index is 536. The van der Waals surface area contributed by atoms with E-state index in [1.54, 1.807) is 0 Å². The van der Waals surface area contributed by atoms with Gasteiger partial charge in [0.05, 0.1) is 0 Å². The fourth-order valence-corrected chi connectivity index (χ4v) is 1.83. The zero-order valence-corrected chi connectivity index (χ0v) is 8.83. The van der Waals surface area contributed by atoms with Crippen molar-refractivity contribution < 1.29 is 35.1 Å². The zero-order valence-electron chi connectivity index (χ0n) is 8.83. The van der Waals surface area contributed by atoms with Gasteiger partial charge in [-0.1, -0.05) is 6.07 Å². The lowest BCUT2D eigenvalue weighted by Gasteiger charge is -2.42. The monoisotopic (exact) mass is 291 g/mol. The number of hydrogen-bond acceptors (Lipinski definition) is 1. The number of nitrogens with two attached hydrogens (primary N) is 1. The molecule has 0 spiro atoms. The first kappa shape index (κ1) is 13.9. The summed E-state index contributed by atoms with van der Waals surface area (Å²) in [6.45, 7) is 0. The second kappa shape index (κ2) is 3.31. The third kappa shape index (κ3) is 1.35. The van der Waals surface area contributed by atoms with E-state index in [9.17, 15) is 35.1 Å². The number of alkyl halides is 8. The summed E-state index contributed by atoms with van der Waals surface area (Å²) in [5.41, 5.74) is 0.765. The van der Waals surface area contributed by atoms with Gasteiger partial charge in [0, 0.05) is 16.8 Å². The number of nitrogen functional groups attached to an aromatic ring is 1. The van der Waals surface area contributed by atoms with Gasteiger partial charge in [-0.2, -0.15) is 35.1 Å². The molecule has 1 aliphatic rings. The van der Waals surface area contributed by atoms with E-state index in [-0.39, 0.29) is 12.1 Å². The fraction of sp³-hybridized carbons (Fsp3) is 0.400. The Balaban J connectivity index is 2.88. The van der Waals surface area contributed by atoms with Crippen LogP contribution in [-0.4, -0.2) is 11.8 Å². The average molecular weight is 291 g/mol. The van der Waals surface area contributed by atoms with Crippen molar-refractivity contribution in [3.63, 3.8) is 0 Å². The number of fused-ring (bicyclic) bond motifs is 1. The Morgan fingerprint density at radius 1 is 0.684 bits per heavy atom. The molecule has 0 aromatic heterocycles. The molecule has 0 amide bonds. The van der Waals surface area contributed by atoms with E-state index in [4.69, 9.17) is 5.73 Å². The number of rotatable bonds is 0. The number of anilines is 1. The predicted molar refractivity (Wildman–Crippen MR) is 48.5 cm³/mol. The minimum Gasteiger partial charge on any atom is -0.399 e. The highest BCUT2D eigenvalue weighted by Crippen LogP contribution is 2.64. The maximum atomic E-state index is 13.4. The summed E-state index contributed by atoms with van der Waals surface area (Å²) in [4.78, 5) is 0. The molecule has 2 rings (SSSR count). The van der Waals surface area contributed by atoms with Gasteiger partial charge in [-0.25, -0.2) is 0 Å². The average Bonchev–Trinajstić information content (AvgIpc) is 2.26. The number of halogens is 8. The van der Waals surface area contributed by atoms with Crippen LogP contribution < -0.4 is 5.73 Å². The van der Waals surface area contributed by atoms with Crippen LogP contribution in [0.15, 0.2) is 18.2 Å². The smallest absolute Gasteiger partial charge is 0.382 e. The molecule has 9 heteroatoms. The van der Waals surface area contributed by atoms with Gasteiger partial charge in [-0.15, -0.1) is 0 Å². The Morgan fingerprint density at radius 3 is 1.58 bits per heavy atom. The van der Waals surface area contributed by atoms with Gasteiger partial charge in [0.2, 0.25) is 0 Å². The lowest BCUT2D eigenvalue weighted by Crippen LogP contribution is -2.63. The highest BCUT2D eigenvalue weighted by atomic mass is 19.4. The van der Waals surface area contributed by atoms with Gasteiger partial charge in [-0.3, -0.25) is 0 Å². The minimum absolute atomic E-state index is 0.145. The van der Waals surface area contributed by atoms with Crippen molar-refractivity contribution in [3.05, 3.63) is 29.3 Å². The topological polar surface area (TPSA) is 26.0 Å². The normalized spacial score (nSPS) is 25.7. The SMILES string of the molecule is Nc1ccc2c(c1)C(F)(F)C(F)(F)C(F)(F)C2(F)F. The molecule has 0 radical (unpaired) electrons. The molecule has 0 aliphatic heterocycles. The van der Waals surface area contributed by atoms with Gasteiger partial charge < -0.3 is 5.73 Å². The molecule has 1 aliphatic carbocycles. The lowest BCUT2D eigenvalue weighted by molar-refractivity contribution is -0.386. The molecule has 0 heterocycles. The van der Waals surface area contributed by atoms with Crippen LogP contribution in [0.2, 0.25) is 0 Å². The van der Waals surface area contributed by atoms with E-state index in [1.807, 2.05) is 0 Å². The fourth-order valence-electron chi connectivity index (χ4n) is 1.83. The maximum absolute atomic E-state index is 13.4. The summed E-state index contributed by atoms with van der Waals surface area (Å²) in [7, 11) is 0. The Morgan fingerprint density at radius 2 is 1.11 bits per heavy atom. The molecular formula is C10H5F8N. The molecule has 1 aromatic carbocycles. The number of benzene rings is 1. The van der Waals surface area contributed by atoms with Crippen LogP contribution in [-0.2, 0) is 11.8 Å².